The van der Waals surface area contributed by atoms with E-state index in [1.807, 2.05) is 36.4 Å². The van der Waals surface area contributed by atoms with Crippen molar-refractivity contribution in [1.29, 1.82) is 0 Å². The molecule has 1 atom stereocenters. The molecular formula is C14H12BrCl2N. The van der Waals surface area contributed by atoms with Crippen molar-refractivity contribution in [3.05, 3.63) is 62.5 Å². The largest absolute Gasteiger partial charge is 0.378 e. The quantitative estimate of drug-likeness (QED) is 0.727. The van der Waals surface area contributed by atoms with Crippen molar-refractivity contribution in [1.82, 2.24) is 0 Å². The molecule has 0 spiro atoms. The second-order valence-corrected chi connectivity index (χ2v) is 5.75. The summed E-state index contributed by atoms with van der Waals surface area (Å²) >= 11 is 15.4. The molecule has 0 bridgehead atoms. The zero-order chi connectivity index (χ0) is 13.1. The van der Waals surface area contributed by atoms with E-state index in [0.29, 0.717) is 5.02 Å². The lowest BCUT2D eigenvalue weighted by atomic mass is 10.1. The van der Waals surface area contributed by atoms with Crippen molar-refractivity contribution in [3.63, 3.8) is 0 Å². The molecule has 0 aliphatic heterocycles. The van der Waals surface area contributed by atoms with E-state index in [1.165, 1.54) is 0 Å². The average Bonchev–Trinajstić information content (AvgIpc) is 2.34. The van der Waals surface area contributed by atoms with E-state index < -0.39 is 0 Å². The Balaban J connectivity index is 2.16. The molecule has 0 saturated carbocycles. The Bertz CT molecular complexity index is 557. The molecule has 2 rings (SSSR count). The molecular weight excluding hydrogens is 333 g/mol. The highest BCUT2D eigenvalue weighted by atomic mass is 79.9. The fourth-order valence-corrected chi connectivity index (χ4v) is 2.39. The molecule has 0 aromatic heterocycles. The molecule has 0 radical (unpaired) electrons. The van der Waals surface area contributed by atoms with Gasteiger partial charge in [0.25, 0.3) is 0 Å². The van der Waals surface area contributed by atoms with Gasteiger partial charge in [0, 0.05) is 21.2 Å². The zero-order valence-electron chi connectivity index (χ0n) is 9.75. The first kappa shape index (κ1) is 13.7. The van der Waals surface area contributed by atoms with Crippen LogP contribution in [0.1, 0.15) is 18.5 Å². The summed E-state index contributed by atoms with van der Waals surface area (Å²) in [6, 6.07) is 13.8. The molecule has 0 fully saturated rings. The Kier molecular flexibility index (Phi) is 4.55. The number of hydrogen-bond acceptors (Lipinski definition) is 1. The van der Waals surface area contributed by atoms with Gasteiger partial charge in [0.1, 0.15) is 0 Å². The van der Waals surface area contributed by atoms with Gasteiger partial charge in [-0.3, -0.25) is 0 Å². The van der Waals surface area contributed by atoms with Crippen LogP contribution in [0.2, 0.25) is 10.0 Å². The smallest absolute Gasteiger partial charge is 0.0549 e. The molecule has 0 aliphatic carbocycles. The van der Waals surface area contributed by atoms with Crippen molar-refractivity contribution in [2.75, 3.05) is 5.32 Å². The van der Waals surface area contributed by atoms with E-state index >= 15 is 0 Å². The number of hydrogen-bond donors (Lipinski definition) is 1. The van der Waals surface area contributed by atoms with E-state index in [0.717, 1.165) is 20.7 Å². The van der Waals surface area contributed by atoms with E-state index in [-0.39, 0.29) is 6.04 Å². The highest BCUT2D eigenvalue weighted by Crippen LogP contribution is 2.28. The van der Waals surface area contributed by atoms with Gasteiger partial charge >= 0.3 is 0 Å². The van der Waals surface area contributed by atoms with Crippen LogP contribution in [0.25, 0.3) is 0 Å². The minimum absolute atomic E-state index is 0.178. The Labute approximate surface area is 125 Å². The fraction of sp³-hybridized carbons (Fsp3) is 0.143. The first-order chi connectivity index (χ1) is 8.56. The van der Waals surface area contributed by atoms with Crippen molar-refractivity contribution in [3.8, 4) is 0 Å². The summed E-state index contributed by atoms with van der Waals surface area (Å²) in [6.45, 7) is 2.09. The third-order valence-corrected chi connectivity index (χ3v) is 4.10. The highest BCUT2D eigenvalue weighted by Gasteiger charge is 2.06. The summed E-state index contributed by atoms with van der Waals surface area (Å²) in [5.41, 5.74) is 2.16. The second kappa shape index (κ2) is 5.96. The van der Waals surface area contributed by atoms with Crippen LogP contribution in [-0.4, -0.2) is 0 Å². The van der Waals surface area contributed by atoms with Gasteiger partial charge in [-0.2, -0.15) is 0 Å². The van der Waals surface area contributed by atoms with Gasteiger partial charge in [0.15, 0.2) is 0 Å². The van der Waals surface area contributed by atoms with Crippen LogP contribution >= 0.6 is 39.1 Å². The van der Waals surface area contributed by atoms with Gasteiger partial charge in [-0.05, 0) is 58.7 Å². The number of anilines is 1. The lowest BCUT2D eigenvalue weighted by Gasteiger charge is -2.16. The van der Waals surface area contributed by atoms with Crippen LogP contribution in [-0.2, 0) is 0 Å². The van der Waals surface area contributed by atoms with Crippen molar-refractivity contribution >= 4 is 44.8 Å². The maximum Gasteiger partial charge on any atom is 0.0549 e. The number of nitrogens with one attached hydrogen (secondary N) is 1. The molecule has 0 aliphatic rings. The molecule has 2 aromatic rings. The standard InChI is InChI=1S/C14H12BrCl2N/c1-9(10-3-2-4-11(16)7-10)18-12-5-6-14(17)13(15)8-12/h2-9,18H,1H3. The van der Waals surface area contributed by atoms with Crippen LogP contribution in [0, 0.1) is 0 Å². The van der Waals surface area contributed by atoms with E-state index in [2.05, 4.69) is 34.2 Å². The number of benzene rings is 2. The molecule has 18 heavy (non-hydrogen) atoms. The average molecular weight is 345 g/mol. The predicted molar refractivity (Wildman–Crippen MR) is 82.6 cm³/mol. The molecule has 94 valence electrons. The van der Waals surface area contributed by atoms with E-state index in [1.54, 1.807) is 0 Å². The Morgan fingerprint density at radius 2 is 1.89 bits per heavy atom. The van der Waals surface area contributed by atoms with Gasteiger partial charge in [-0.15, -0.1) is 0 Å². The SMILES string of the molecule is CC(Nc1ccc(Cl)c(Br)c1)c1cccc(Cl)c1. The minimum atomic E-state index is 0.178. The predicted octanol–water partition coefficient (Wildman–Crippen LogP) is 5.93. The van der Waals surface area contributed by atoms with Crippen LogP contribution in [0.4, 0.5) is 5.69 Å². The fourth-order valence-electron chi connectivity index (χ4n) is 1.70. The third kappa shape index (κ3) is 3.41. The molecule has 0 heterocycles. The van der Waals surface area contributed by atoms with Crippen LogP contribution in [0.15, 0.2) is 46.9 Å². The minimum Gasteiger partial charge on any atom is -0.378 e. The Hall–Kier alpha value is -0.700. The van der Waals surface area contributed by atoms with Gasteiger partial charge in [0.2, 0.25) is 0 Å². The van der Waals surface area contributed by atoms with Crippen LogP contribution in [0.5, 0.6) is 0 Å². The van der Waals surface area contributed by atoms with Gasteiger partial charge < -0.3 is 5.32 Å². The summed E-state index contributed by atoms with van der Waals surface area (Å²) in [5.74, 6) is 0. The van der Waals surface area contributed by atoms with Crippen molar-refractivity contribution in [2.45, 2.75) is 13.0 Å². The second-order valence-electron chi connectivity index (χ2n) is 4.05. The van der Waals surface area contributed by atoms with Gasteiger partial charge in [0.05, 0.1) is 5.02 Å². The topological polar surface area (TPSA) is 12.0 Å². The van der Waals surface area contributed by atoms with E-state index in [4.69, 9.17) is 23.2 Å². The third-order valence-electron chi connectivity index (χ3n) is 2.65. The first-order valence-corrected chi connectivity index (χ1v) is 7.08. The molecule has 1 N–H and O–H groups in total. The summed E-state index contributed by atoms with van der Waals surface area (Å²) in [6.07, 6.45) is 0. The molecule has 0 saturated heterocycles. The molecule has 1 nitrogen and oxygen atoms in total. The maximum atomic E-state index is 5.99. The Morgan fingerprint density at radius 3 is 2.56 bits per heavy atom. The Morgan fingerprint density at radius 1 is 1.11 bits per heavy atom. The summed E-state index contributed by atoms with van der Waals surface area (Å²) < 4.78 is 0.882. The molecule has 0 amide bonds. The van der Waals surface area contributed by atoms with Gasteiger partial charge in [-0.1, -0.05) is 35.3 Å². The molecule has 1 unspecified atom stereocenters. The normalized spacial score (nSPS) is 12.2. The summed E-state index contributed by atoms with van der Waals surface area (Å²) in [7, 11) is 0. The van der Waals surface area contributed by atoms with Crippen molar-refractivity contribution < 1.29 is 0 Å². The lowest BCUT2D eigenvalue weighted by molar-refractivity contribution is 0.885. The van der Waals surface area contributed by atoms with E-state index in [9.17, 15) is 0 Å². The zero-order valence-corrected chi connectivity index (χ0v) is 12.9. The van der Waals surface area contributed by atoms with Crippen molar-refractivity contribution in [2.24, 2.45) is 0 Å². The van der Waals surface area contributed by atoms with Crippen LogP contribution in [0.3, 0.4) is 0 Å². The maximum absolute atomic E-state index is 5.99. The lowest BCUT2D eigenvalue weighted by Crippen LogP contribution is -2.06. The molecule has 4 heteroatoms. The van der Waals surface area contributed by atoms with Crippen LogP contribution < -0.4 is 5.32 Å². The monoisotopic (exact) mass is 343 g/mol. The summed E-state index contributed by atoms with van der Waals surface area (Å²) in [5, 5.41) is 4.86. The number of rotatable bonds is 3. The highest BCUT2D eigenvalue weighted by molar-refractivity contribution is 9.10. The van der Waals surface area contributed by atoms with Gasteiger partial charge in [-0.25, -0.2) is 0 Å². The summed E-state index contributed by atoms with van der Waals surface area (Å²) in [4.78, 5) is 0. The number of halogens is 3. The first-order valence-electron chi connectivity index (χ1n) is 5.53. The molecule has 2 aromatic carbocycles.